The number of hydrogen-bond acceptors (Lipinski definition) is 4. The fourth-order valence-corrected chi connectivity index (χ4v) is 2.70. The van der Waals surface area contributed by atoms with E-state index in [9.17, 15) is 15.2 Å². The lowest BCUT2D eigenvalue weighted by Gasteiger charge is -2.31. The van der Waals surface area contributed by atoms with Gasteiger partial charge >= 0.3 is 0 Å². The first-order valence-corrected chi connectivity index (χ1v) is 7.44. The lowest BCUT2D eigenvalue weighted by Crippen LogP contribution is -2.37. The molecule has 0 radical (unpaired) electrons. The van der Waals surface area contributed by atoms with Crippen LogP contribution < -0.4 is 4.90 Å². The molecule has 5 nitrogen and oxygen atoms in total. The summed E-state index contributed by atoms with van der Waals surface area (Å²) in [4.78, 5) is 12.8. The lowest BCUT2D eigenvalue weighted by atomic mass is 10.1. The van der Waals surface area contributed by atoms with Crippen molar-refractivity contribution in [2.24, 2.45) is 0 Å². The van der Waals surface area contributed by atoms with Crippen LogP contribution in [0.1, 0.15) is 26.7 Å². The van der Waals surface area contributed by atoms with Crippen molar-refractivity contribution < 1.29 is 10.0 Å². The molecule has 0 bridgehead atoms. The van der Waals surface area contributed by atoms with Crippen LogP contribution in [-0.4, -0.2) is 29.2 Å². The summed E-state index contributed by atoms with van der Waals surface area (Å²) in [5, 5.41) is 20.4. The van der Waals surface area contributed by atoms with Crippen molar-refractivity contribution in [3.63, 3.8) is 0 Å². The molecule has 0 aromatic heterocycles. The van der Waals surface area contributed by atoms with Gasteiger partial charge < -0.3 is 10.0 Å². The SMILES string of the molecule is CCC(CC)N(CCO)c1ccc(I)cc1[N+](=O)[O-]. The molecule has 0 spiro atoms. The number of hydrogen-bond donors (Lipinski definition) is 1. The molecule has 0 aliphatic carbocycles. The summed E-state index contributed by atoms with van der Waals surface area (Å²) in [6.45, 7) is 4.50. The van der Waals surface area contributed by atoms with E-state index in [4.69, 9.17) is 0 Å². The summed E-state index contributed by atoms with van der Waals surface area (Å²) in [6, 6.07) is 5.40. The number of nitrogens with zero attached hydrogens (tertiary/aromatic N) is 2. The fourth-order valence-electron chi connectivity index (χ4n) is 2.22. The van der Waals surface area contributed by atoms with Crippen LogP contribution in [-0.2, 0) is 0 Å². The Morgan fingerprint density at radius 3 is 2.53 bits per heavy atom. The van der Waals surface area contributed by atoms with Crippen LogP contribution in [0.25, 0.3) is 0 Å². The van der Waals surface area contributed by atoms with Crippen LogP contribution in [0.15, 0.2) is 18.2 Å². The van der Waals surface area contributed by atoms with E-state index in [2.05, 4.69) is 36.4 Å². The summed E-state index contributed by atoms with van der Waals surface area (Å²) >= 11 is 2.06. The molecule has 0 atom stereocenters. The molecule has 1 aromatic carbocycles. The summed E-state index contributed by atoms with van der Waals surface area (Å²) in [5.41, 5.74) is 0.695. The third-order valence-corrected chi connectivity index (χ3v) is 3.84. The van der Waals surface area contributed by atoms with Crippen LogP contribution in [0.3, 0.4) is 0 Å². The maximum absolute atomic E-state index is 11.2. The molecule has 6 heteroatoms. The van der Waals surface area contributed by atoms with Crippen molar-refractivity contribution in [2.75, 3.05) is 18.1 Å². The number of nitro benzene ring substituents is 1. The van der Waals surface area contributed by atoms with Crippen molar-refractivity contribution in [2.45, 2.75) is 32.7 Å². The molecule has 0 unspecified atom stereocenters. The Labute approximate surface area is 126 Å². The molecule has 0 fully saturated rings. The largest absolute Gasteiger partial charge is 0.395 e. The van der Waals surface area contributed by atoms with E-state index in [1.165, 1.54) is 0 Å². The number of halogens is 1. The smallest absolute Gasteiger partial charge is 0.293 e. The predicted molar refractivity (Wildman–Crippen MR) is 84.6 cm³/mol. The number of anilines is 1. The standard InChI is InChI=1S/C13H19IN2O3/c1-3-11(4-2)15(7-8-17)12-6-5-10(14)9-13(12)16(18)19/h5-6,9,11,17H,3-4,7-8H2,1-2H3. The first-order chi connectivity index (χ1) is 9.04. The van der Waals surface area contributed by atoms with E-state index < -0.39 is 0 Å². The molecule has 0 aliphatic rings. The molecular formula is C13H19IN2O3. The zero-order valence-electron chi connectivity index (χ0n) is 11.2. The van der Waals surface area contributed by atoms with Gasteiger partial charge in [0.25, 0.3) is 5.69 Å². The number of nitro groups is 1. The minimum absolute atomic E-state index is 0.0142. The molecule has 0 amide bonds. The molecule has 0 aliphatic heterocycles. The summed E-state index contributed by atoms with van der Waals surface area (Å²) < 4.78 is 0.835. The van der Waals surface area contributed by atoms with E-state index in [-0.39, 0.29) is 23.3 Å². The van der Waals surface area contributed by atoms with Crippen LogP contribution in [0, 0.1) is 13.7 Å². The minimum Gasteiger partial charge on any atom is -0.395 e. The van der Waals surface area contributed by atoms with Crippen molar-refractivity contribution >= 4 is 34.0 Å². The summed E-state index contributed by atoms with van der Waals surface area (Å²) in [7, 11) is 0. The van der Waals surface area contributed by atoms with Gasteiger partial charge in [-0.2, -0.15) is 0 Å². The van der Waals surface area contributed by atoms with Gasteiger partial charge in [0.15, 0.2) is 0 Å². The van der Waals surface area contributed by atoms with Crippen molar-refractivity contribution in [3.8, 4) is 0 Å². The highest BCUT2D eigenvalue weighted by molar-refractivity contribution is 14.1. The minimum atomic E-state index is -0.357. The highest BCUT2D eigenvalue weighted by atomic mass is 127. The monoisotopic (exact) mass is 378 g/mol. The molecule has 1 aromatic rings. The molecule has 1 rings (SSSR count). The quantitative estimate of drug-likeness (QED) is 0.450. The van der Waals surface area contributed by atoms with Crippen molar-refractivity contribution in [1.29, 1.82) is 0 Å². The maximum atomic E-state index is 11.2. The zero-order valence-corrected chi connectivity index (χ0v) is 13.3. The van der Waals surface area contributed by atoms with Gasteiger partial charge in [-0.05, 0) is 47.6 Å². The van der Waals surface area contributed by atoms with Gasteiger partial charge in [-0.3, -0.25) is 10.1 Å². The van der Waals surface area contributed by atoms with Crippen molar-refractivity contribution in [1.82, 2.24) is 0 Å². The number of benzene rings is 1. The Kier molecular flexibility index (Phi) is 6.50. The summed E-state index contributed by atoms with van der Waals surface area (Å²) in [6.07, 6.45) is 1.78. The second kappa shape index (κ2) is 7.64. The Hall–Kier alpha value is -0.890. The molecular weight excluding hydrogens is 359 g/mol. The average Bonchev–Trinajstić information content (AvgIpc) is 2.39. The second-order valence-corrected chi connectivity index (χ2v) is 5.52. The van der Waals surface area contributed by atoms with Crippen LogP contribution in [0.5, 0.6) is 0 Å². The van der Waals surface area contributed by atoms with Gasteiger partial charge in [0.2, 0.25) is 0 Å². The second-order valence-electron chi connectivity index (χ2n) is 4.28. The van der Waals surface area contributed by atoms with Gasteiger partial charge in [-0.15, -0.1) is 0 Å². The summed E-state index contributed by atoms with van der Waals surface area (Å²) in [5.74, 6) is 0. The van der Waals surface area contributed by atoms with Gasteiger partial charge in [0, 0.05) is 22.2 Å². The van der Waals surface area contributed by atoms with Gasteiger partial charge in [-0.25, -0.2) is 0 Å². The van der Waals surface area contributed by atoms with E-state index in [0.717, 1.165) is 16.4 Å². The van der Waals surface area contributed by atoms with Gasteiger partial charge in [0.1, 0.15) is 5.69 Å². The van der Waals surface area contributed by atoms with E-state index >= 15 is 0 Å². The van der Waals surface area contributed by atoms with E-state index in [1.807, 2.05) is 11.0 Å². The number of rotatable bonds is 7. The topological polar surface area (TPSA) is 66.6 Å². The van der Waals surface area contributed by atoms with Crippen LogP contribution in [0.4, 0.5) is 11.4 Å². The molecule has 19 heavy (non-hydrogen) atoms. The highest BCUT2D eigenvalue weighted by Gasteiger charge is 2.23. The normalized spacial score (nSPS) is 10.8. The number of aliphatic hydroxyl groups excluding tert-OH is 1. The molecule has 0 saturated heterocycles. The van der Waals surface area contributed by atoms with Crippen LogP contribution in [0.2, 0.25) is 0 Å². The number of aliphatic hydroxyl groups is 1. The van der Waals surface area contributed by atoms with Gasteiger partial charge in [0.05, 0.1) is 11.5 Å². The van der Waals surface area contributed by atoms with E-state index in [1.54, 1.807) is 12.1 Å². The Morgan fingerprint density at radius 1 is 1.42 bits per heavy atom. The molecule has 0 heterocycles. The zero-order chi connectivity index (χ0) is 14.4. The maximum Gasteiger partial charge on any atom is 0.293 e. The molecule has 0 saturated carbocycles. The Morgan fingerprint density at radius 2 is 2.05 bits per heavy atom. The Balaban J connectivity index is 3.25. The van der Waals surface area contributed by atoms with Crippen molar-refractivity contribution in [3.05, 3.63) is 31.9 Å². The lowest BCUT2D eigenvalue weighted by molar-refractivity contribution is -0.384. The fraction of sp³-hybridized carbons (Fsp3) is 0.538. The molecule has 106 valence electrons. The molecule has 1 N–H and O–H groups in total. The van der Waals surface area contributed by atoms with Gasteiger partial charge in [-0.1, -0.05) is 13.8 Å². The third-order valence-electron chi connectivity index (χ3n) is 3.17. The average molecular weight is 378 g/mol. The first kappa shape index (κ1) is 16.2. The Bertz CT molecular complexity index is 436. The first-order valence-electron chi connectivity index (χ1n) is 6.36. The van der Waals surface area contributed by atoms with E-state index in [0.29, 0.717) is 12.2 Å². The highest BCUT2D eigenvalue weighted by Crippen LogP contribution is 2.32. The van der Waals surface area contributed by atoms with Crippen LogP contribution >= 0.6 is 22.6 Å². The third kappa shape index (κ3) is 4.04. The predicted octanol–water partition coefficient (Wildman–Crippen LogP) is 3.19.